The van der Waals surface area contributed by atoms with Crippen LogP contribution in [0.1, 0.15) is 303 Å². The minimum atomic E-state index is -0.795. The molecule has 1 atom stereocenters. The minimum Gasteiger partial charge on any atom is -0.462 e. The Morgan fingerprint density at radius 3 is 0.805 bits per heavy atom. The Bertz CT molecular complexity index is 1560. The summed E-state index contributed by atoms with van der Waals surface area (Å²) < 4.78 is 16.9. The van der Waals surface area contributed by atoms with Crippen LogP contribution in [0.25, 0.3) is 0 Å². The van der Waals surface area contributed by atoms with E-state index in [9.17, 15) is 14.4 Å². The first-order valence-corrected chi connectivity index (χ1v) is 32.4. The van der Waals surface area contributed by atoms with Crippen LogP contribution in [0.5, 0.6) is 0 Å². The first-order chi connectivity index (χ1) is 38.0. The summed E-state index contributed by atoms with van der Waals surface area (Å²) in [5, 5.41) is 0. The van der Waals surface area contributed by atoms with Crippen molar-refractivity contribution in [3.8, 4) is 0 Å². The molecule has 440 valence electrons. The molecule has 0 N–H and O–H groups in total. The van der Waals surface area contributed by atoms with Gasteiger partial charge in [0.1, 0.15) is 13.2 Å². The van der Waals surface area contributed by atoms with E-state index in [0.29, 0.717) is 19.3 Å². The van der Waals surface area contributed by atoms with E-state index in [-0.39, 0.29) is 31.1 Å². The Kier molecular flexibility index (Phi) is 61.3. The maximum atomic E-state index is 12.9. The highest BCUT2D eigenvalue weighted by atomic mass is 16.6. The number of hydrogen-bond donors (Lipinski definition) is 0. The molecule has 0 heterocycles. The van der Waals surface area contributed by atoms with E-state index in [0.717, 1.165) is 135 Å². The van der Waals surface area contributed by atoms with Crippen molar-refractivity contribution in [1.82, 2.24) is 0 Å². The third kappa shape index (κ3) is 62.8. The van der Waals surface area contributed by atoms with Crippen LogP contribution in [0.2, 0.25) is 0 Å². The van der Waals surface area contributed by atoms with Crippen LogP contribution < -0.4 is 0 Å². The predicted molar refractivity (Wildman–Crippen MR) is 334 cm³/mol. The van der Waals surface area contributed by atoms with Crippen molar-refractivity contribution in [3.05, 3.63) is 109 Å². The number of carbonyl (C=O) groups is 3. The monoisotopic (exact) mass is 1070 g/mol. The zero-order valence-corrected chi connectivity index (χ0v) is 50.4. The van der Waals surface area contributed by atoms with Gasteiger partial charge in [-0.15, -0.1) is 0 Å². The number of unbranched alkanes of at least 4 members (excludes halogenated alkanes) is 29. The minimum absolute atomic E-state index is 0.0909. The van der Waals surface area contributed by atoms with E-state index in [1.54, 1.807) is 0 Å². The predicted octanol–water partition coefficient (Wildman–Crippen LogP) is 22.2. The van der Waals surface area contributed by atoms with E-state index in [2.05, 4.69) is 130 Å². The fourth-order valence-electron chi connectivity index (χ4n) is 8.95. The van der Waals surface area contributed by atoms with Crippen LogP contribution in [-0.2, 0) is 28.6 Å². The molecule has 1 unspecified atom stereocenters. The second-order valence-electron chi connectivity index (χ2n) is 21.3. The summed E-state index contributed by atoms with van der Waals surface area (Å²) in [6.07, 6.45) is 88.0. The Balaban J connectivity index is 4.40. The standard InChI is InChI=1S/C71H120O6/c1-4-7-10-13-16-19-22-25-28-30-32-34-35-37-38-40-43-46-49-52-55-58-61-64-70(73)76-67-68(66-75-69(72)63-60-57-54-51-48-45-42-27-24-21-18-15-12-9-6-3)77-71(74)65-62-59-56-53-50-47-44-41-39-36-33-31-29-26-23-20-17-14-11-8-5-2/h7,9-10,12,16,18-19,21,25,27-28,31-34,37-38,42,68H,4-6,8,11,13-15,17,20,22-24,26,29-30,35-36,39-41,43-67H2,1-3H3/b10-7-,12-9-,19-16-,21-18-,28-25-,33-31-,34-32-,38-37-,42-27-. The molecule has 0 aromatic carbocycles. The maximum absolute atomic E-state index is 12.9. The third-order valence-electron chi connectivity index (χ3n) is 13.7. The van der Waals surface area contributed by atoms with Crippen LogP contribution in [0.15, 0.2) is 109 Å². The number of ether oxygens (including phenoxy) is 3. The number of carbonyl (C=O) groups excluding carboxylic acids is 3. The molecule has 77 heavy (non-hydrogen) atoms. The van der Waals surface area contributed by atoms with Gasteiger partial charge in [0.25, 0.3) is 0 Å². The van der Waals surface area contributed by atoms with Crippen LogP contribution in [0.4, 0.5) is 0 Å². The molecule has 0 spiro atoms. The molecule has 0 saturated carbocycles. The van der Waals surface area contributed by atoms with Gasteiger partial charge in [-0.3, -0.25) is 14.4 Å². The normalized spacial score (nSPS) is 12.8. The smallest absolute Gasteiger partial charge is 0.306 e. The molecule has 0 saturated heterocycles. The van der Waals surface area contributed by atoms with Crippen molar-refractivity contribution < 1.29 is 28.6 Å². The van der Waals surface area contributed by atoms with Crippen LogP contribution in [0.3, 0.4) is 0 Å². The van der Waals surface area contributed by atoms with Gasteiger partial charge in [-0.25, -0.2) is 0 Å². The molecule has 0 aromatic heterocycles. The summed E-state index contributed by atoms with van der Waals surface area (Å²) in [7, 11) is 0. The first kappa shape index (κ1) is 73.1. The molecule has 6 heteroatoms. The highest BCUT2D eigenvalue weighted by Gasteiger charge is 2.19. The Hall–Kier alpha value is -3.93. The summed E-state index contributed by atoms with van der Waals surface area (Å²) in [4.78, 5) is 38.4. The van der Waals surface area contributed by atoms with Gasteiger partial charge in [-0.2, -0.15) is 0 Å². The summed E-state index contributed by atoms with van der Waals surface area (Å²) in [5.41, 5.74) is 0. The van der Waals surface area contributed by atoms with Gasteiger partial charge in [-0.05, 0) is 122 Å². The molecule has 0 fully saturated rings. The van der Waals surface area contributed by atoms with Crippen LogP contribution in [0, 0.1) is 0 Å². The van der Waals surface area contributed by atoms with Gasteiger partial charge in [0.2, 0.25) is 0 Å². The average Bonchev–Trinajstić information content (AvgIpc) is 3.43. The van der Waals surface area contributed by atoms with Gasteiger partial charge in [0, 0.05) is 19.3 Å². The number of esters is 3. The van der Waals surface area contributed by atoms with Crippen molar-refractivity contribution in [2.45, 2.75) is 309 Å². The quantitative estimate of drug-likeness (QED) is 0.0261. The third-order valence-corrected chi connectivity index (χ3v) is 13.7. The number of allylic oxidation sites excluding steroid dienone is 18. The van der Waals surface area contributed by atoms with E-state index >= 15 is 0 Å². The van der Waals surface area contributed by atoms with E-state index in [4.69, 9.17) is 14.2 Å². The maximum Gasteiger partial charge on any atom is 0.306 e. The molecule has 0 aliphatic rings. The topological polar surface area (TPSA) is 78.9 Å². The second-order valence-corrected chi connectivity index (χ2v) is 21.3. The Morgan fingerprint density at radius 1 is 0.273 bits per heavy atom. The van der Waals surface area contributed by atoms with Crippen molar-refractivity contribution in [3.63, 3.8) is 0 Å². The molecular formula is C71H120O6. The highest BCUT2D eigenvalue weighted by molar-refractivity contribution is 5.71. The molecule has 0 rings (SSSR count). The summed E-state index contributed by atoms with van der Waals surface area (Å²) in [5.74, 6) is -0.912. The molecule has 0 aliphatic heterocycles. The summed E-state index contributed by atoms with van der Waals surface area (Å²) in [6.45, 7) is 6.41. The largest absolute Gasteiger partial charge is 0.462 e. The molecule has 0 aromatic rings. The van der Waals surface area contributed by atoms with Crippen LogP contribution >= 0.6 is 0 Å². The van der Waals surface area contributed by atoms with Crippen molar-refractivity contribution in [2.75, 3.05) is 13.2 Å². The number of hydrogen-bond acceptors (Lipinski definition) is 6. The van der Waals surface area contributed by atoms with Gasteiger partial charge in [0.05, 0.1) is 0 Å². The summed E-state index contributed by atoms with van der Waals surface area (Å²) >= 11 is 0. The molecule has 6 nitrogen and oxygen atoms in total. The van der Waals surface area contributed by atoms with E-state index in [1.165, 1.54) is 128 Å². The highest BCUT2D eigenvalue weighted by Crippen LogP contribution is 2.16. The van der Waals surface area contributed by atoms with Crippen molar-refractivity contribution >= 4 is 17.9 Å². The lowest BCUT2D eigenvalue weighted by atomic mass is 10.1. The fourth-order valence-corrected chi connectivity index (χ4v) is 8.95. The van der Waals surface area contributed by atoms with Gasteiger partial charge >= 0.3 is 17.9 Å². The zero-order valence-electron chi connectivity index (χ0n) is 50.4. The molecule has 0 aliphatic carbocycles. The second kappa shape index (κ2) is 64.6. The zero-order chi connectivity index (χ0) is 55.7. The molecular weight excluding hydrogens is 949 g/mol. The molecule has 0 radical (unpaired) electrons. The van der Waals surface area contributed by atoms with Gasteiger partial charge in [0.15, 0.2) is 6.10 Å². The Labute approximate surface area is 476 Å². The first-order valence-electron chi connectivity index (χ1n) is 32.4. The lowest BCUT2D eigenvalue weighted by Crippen LogP contribution is -2.30. The SMILES string of the molecule is CC/C=C\C/C=C\C/C=C\C/C=C\C/C=C\CCCCCCCCCC(=O)OCC(COC(=O)CCCCCCC/C=C\C/C=C\C/C=C\CC)OC(=O)CCCCCCCCCCC/C=C\CCCCCCCCCC. The molecule has 0 bridgehead atoms. The van der Waals surface area contributed by atoms with E-state index < -0.39 is 6.10 Å². The lowest BCUT2D eigenvalue weighted by Gasteiger charge is -2.18. The van der Waals surface area contributed by atoms with Gasteiger partial charge < -0.3 is 14.2 Å². The molecule has 0 amide bonds. The number of rotatable bonds is 58. The average molecular weight is 1070 g/mol. The van der Waals surface area contributed by atoms with Crippen LogP contribution in [-0.4, -0.2) is 37.2 Å². The van der Waals surface area contributed by atoms with Crippen molar-refractivity contribution in [1.29, 1.82) is 0 Å². The lowest BCUT2D eigenvalue weighted by molar-refractivity contribution is -0.167. The van der Waals surface area contributed by atoms with E-state index in [1.807, 2.05) is 0 Å². The van der Waals surface area contributed by atoms with Crippen molar-refractivity contribution in [2.24, 2.45) is 0 Å². The summed E-state index contributed by atoms with van der Waals surface area (Å²) in [6, 6.07) is 0. The fraction of sp³-hybridized carbons (Fsp3) is 0.704. The Morgan fingerprint density at radius 2 is 0.506 bits per heavy atom. The van der Waals surface area contributed by atoms with Gasteiger partial charge in [-0.1, -0.05) is 271 Å².